The number of benzene rings is 2. The molecule has 0 saturated carbocycles. The predicted molar refractivity (Wildman–Crippen MR) is 120 cm³/mol. The zero-order valence-electron chi connectivity index (χ0n) is 18.2. The van der Waals surface area contributed by atoms with Crippen LogP contribution >= 0.6 is 0 Å². The molecule has 0 aliphatic carbocycles. The summed E-state index contributed by atoms with van der Waals surface area (Å²) in [7, 11) is 0. The van der Waals surface area contributed by atoms with Crippen molar-refractivity contribution in [3.63, 3.8) is 0 Å². The highest BCUT2D eigenvalue weighted by Crippen LogP contribution is 2.27. The normalized spacial score (nSPS) is 16.8. The van der Waals surface area contributed by atoms with Crippen molar-refractivity contribution in [2.45, 2.75) is 33.1 Å². The maximum Gasteiger partial charge on any atom is 0.303 e. The van der Waals surface area contributed by atoms with Crippen LogP contribution in [0.2, 0.25) is 0 Å². The summed E-state index contributed by atoms with van der Waals surface area (Å²) < 4.78 is 0. The SMILES string of the molecule is CCN1CCN(C(=O)CCC(=O)O)C[C@H](Cc2ccccc2-c2ccc(C)cc2)C1=O. The van der Waals surface area contributed by atoms with Gasteiger partial charge in [-0.2, -0.15) is 0 Å². The molecule has 164 valence electrons. The third kappa shape index (κ3) is 5.72. The van der Waals surface area contributed by atoms with Crippen molar-refractivity contribution in [1.82, 2.24) is 9.80 Å². The third-order valence-electron chi connectivity index (χ3n) is 5.87. The molecule has 2 aromatic carbocycles. The highest BCUT2D eigenvalue weighted by atomic mass is 16.4. The molecule has 0 bridgehead atoms. The fourth-order valence-corrected chi connectivity index (χ4v) is 4.09. The summed E-state index contributed by atoms with van der Waals surface area (Å²) in [6.07, 6.45) is 0.298. The molecule has 1 saturated heterocycles. The van der Waals surface area contributed by atoms with E-state index in [1.807, 2.05) is 25.1 Å². The molecule has 0 aromatic heterocycles. The lowest BCUT2D eigenvalue weighted by Crippen LogP contribution is -2.38. The zero-order valence-corrected chi connectivity index (χ0v) is 18.2. The van der Waals surface area contributed by atoms with Gasteiger partial charge in [-0.1, -0.05) is 54.1 Å². The van der Waals surface area contributed by atoms with Crippen molar-refractivity contribution >= 4 is 17.8 Å². The molecule has 2 amide bonds. The van der Waals surface area contributed by atoms with Gasteiger partial charge in [0.1, 0.15) is 0 Å². The number of hydrogen-bond acceptors (Lipinski definition) is 3. The minimum atomic E-state index is -0.988. The molecule has 31 heavy (non-hydrogen) atoms. The highest BCUT2D eigenvalue weighted by molar-refractivity contribution is 5.84. The second kappa shape index (κ2) is 10.2. The number of hydrogen-bond donors (Lipinski definition) is 1. The van der Waals surface area contributed by atoms with Crippen LogP contribution in [-0.2, 0) is 20.8 Å². The van der Waals surface area contributed by atoms with Gasteiger partial charge in [0, 0.05) is 32.6 Å². The van der Waals surface area contributed by atoms with Crippen molar-refractivity contribution in [3.05, 3.63) is 59.7 Å². The van der Waals surface area contributed by atoms with Gasteiger partial charge in [0.25, 0.3) is 0 Å². The van der Waals surface area contributed by atoms with Gasteiger partial charge in [0.2, 0.25) is 11.8 Å². The summed E-state index contributed by atoms with van der Waals surface area (Å²) in [5, 5.41) is 8.91. The van der Waals surface area contributed by atoms with Crippen LogP contribution in [0, 0.1) is 12.8 Å². The van der Waals surface area contributed by atoms with E-state index in [4.69, 9.17) is 5.11 Å². The molecular weight excluding hydrogens is 392 g/mol. The van der Waals surface area contributed by atoms with Crippen molar-refractivity contribution in [2.75, 3.05) is 26.2 Å². The van der Waals surface area contributed by atoms with Crippen LogP contribution in [0.4, 0.5) is 0 Å². The molecule has 1 atom stereocenters. The topological polar surface area (TPSA) is 77.9 Å². The van der Waals surface area contributed by atoms with E-state index < -0.39 is 5.97 Å². The molecule has 0 unspecified atom stereocenters. The first-order valence-electron chi connectivity index (χ1n) is 10.8. The van der Waals surface area contributed by atoms with E-state index in [0.29, 0.717) is 32.6 Å². The lowest BCUT2D eigenvalue weighted by molar-refractivity contribution is -0.141. The monoisotopic (exact) mass is 422 g/mol. The largest absolute Gasteiger partial charge is 0.481 e. The van der Waals surface area contributed by atoms with E-state index in [2.05, 4.69) is 37.3 Å². The molecule has 2 aromatic rings. The molecule has 1 N–H and O–H groups in total. The summed E-state index contributed by atoms with van der Waals surface area (Å²) in [5.74, 6) is -1.50. The van der Waals surface area contributed by atoms with E-state index in [9.17, 15) is 14.4 Å². The summed E-state index contributed by atoms with van der Waals surface area (Å²) in [6, 6.07) is 16.4. The molecule has 1 aliphatic rings. The first-order valence-corrected chi connectivity index (χ1v) is 10.8. The first kappa shape index (κ1) is 22.5. The van der Waals surface area contributed by atoms with Gasteiger partial charge in [0.15, 0.2) is 0 Å². The lowest BCUT2D eigenvalue weighted by Gasteiger charge is -2.24. The Balaban J connectivity index is 1.85. The second-order valence-corrected chi connectivity index (χ2v) is 8.08. The van der Waals surface area contributed by atoms with Gasteiger partial charge < -0.3 is 14.9 Å². The molecule has 3 rings (SSSR count). The number of carbonyl (C=O) groups excluding carboxylic acids is 2. The summed E-state index contributed by atoms with van der Waals surface area (Å²) in [5.41, 5.74) is 4.45. The Morgan fingerprint density at radius 3 is 2.42 bits per heavy atom. The van der Waals surface area contributed by atoms with E-state index in [1.165, 1.54) is 5.56 Å². The minimum Gasteiger partial charge on any atom is -0.481 e. The molecule has 6 nitrogen and oxygen atoms in total. The molecule has 0 spiro atoms. The highest BCUT2D eigenvalue weighted by Gasteiger charge is 2.32. The van der Waals surface area contributed by atoms with Crippen LogP contribution in [0.1, 0.15) is 30.9 Å². The van der Waals surface area contributed by atoms with Gasteiger partial charge in [-0.3, -0.25) is 14.4 Å². The Kier molecular flexibility index (Phi) is 7.45. The number of rotatable bonds is 7. The van der Waals surface area contributed by atoms with Crippen LogP contribution in [0.15, 0.2) is 48.5 Å². The molecule has 0 radical (unpaired) electrons. The Morgan fingerprint density at radius 2 is 1.74 bits per heavy atom. The van der Waals surface area contributed by atoms with Gasteiger partial charge in [-0.15, -0.1) is 0 Å². The molecule has 1 aliphatic heterocycles. The van der Waals surface area contributed by atoms with Gasteiger partial charge in [-0.25, -0.2) is 0 Å². The third-order valence-corrected chi connectivity index (χ3v) is 5.87. The molecule has 1 fully saturated rings. The smallest absolute Gasteiger partial charge is 0.303 e. The Labute approximate surface area is 183 Å². The van der Waals surface area contributed by atoms with E-state index in [0.717, 1.165) is 16.7 Å². The molecule has 6 heteroatoms. The van der Waals surface area contributed by atoms with Gasteiger partial charge in [0.05, 0.1) is 12.3 Å². The van der Waals surface area contributed by atoms with Crippen LogP contribution in [-0.4, -0.2) is 58.9 Å². The number of carboxylic acid groups (broad SMARTS) is 1. The number of amides is 2. The Morgan fingerprint density at radius 1 is 1.03 bits per heavy atom. The quantitative estimate of drug-likeness (QED) is 0.742. The number of carbonyl (C=O) groups is 3. The van der Waals surface area contributed by atoms with Crippen LogP contribution in [0.3, 0.4) is 0 Å². The maximum absolute atomic E-state index is 13.2. The van der Waals surface area contributed by atoms with Crippen molar-refractivity contribution in [3.8, 4) is 11.1 Å². The van der Waals surface area contributed by atoms with Crippen LogP contribution < -0.4 is 0 Å². The van der Waals surface area contributed by atoms with Crippen LogP contribution in [0.25, 0.3) is 11.1 Å². The molecule has 1 heterocycles. The van der Waals surface area contributed by atoms with Crippen molar-refractivity contribution in [2.24, 2.45) is 5.92 Å². The summed E-state index contributed by atoms with van der Waals surface area (Å²) in [4.78, 5) is 40.1. The van der Waals surface area contributed by atoms with E-state index in [-0.39, 0.29) is 30.6 Å². The average Bonchev–Trinajstić information content (AvgIpc) is 2.92. The maximum atomic E-state index is 13.2. The van der Waals surface area contributed by atoms with Crippen LogP contribution in [0.5, 0.6) is 0 Å². The zero-order chi connectivity index (χ0) is 22.4. The fourth-order valence-electron chi connectivity index (χ4n) is 4.09. The fraction of sp³-hybridized carbons (Fsp3) is 0.400. The van der Waals surface area contributed by atoms with E-state index >= 15 is 0 Å². The van der Waals surface area contributed by atoms with E-state index in [1.54, 1.807) is 9.80 Å². The number of carboxylic acids is 1. The van der Waals surface area contributed by atoms with Gasteiger partial charge >= 0.3 is 5.97 Å². The predicted octanol–water partition coefficient (Wildman–Crippen LogP) is 3.38. The standard InChI is InChI=1S/C25H30N2O4/c1-3-26-14-15-27(23(28)12-13-24(29)30)17-21(25(26)31)16-20-6-4-5-7-22(20)19-10-8-18(2)9-11-19/h4-11,21H,3,12-17H2,1-2H3,(H,29,30)/t21-/m0/s1. The molecular formula is C25H30N2O4. The van der Waals surface area contributed by atoms with Gasteiger partial charge in [-0.05, 0) is 37.0 Å². The van der Waals surface area contributed by atoms with Crippen molar-refractivity contribution < 1.29 is 19.5 Å². The lowest BCUT2D eigenvalue weighted by atomic mass is 9.91. The minimum absolute atomic E-state index is 0.0394. The average molecular weight is 423 g/mol. The first-order chi connectivity index (χ1) is 14.9. The Bertz CT molecular complexity index is 939. The second-order valence-electron chi connectivity index (χ2n) is 8.08. The number of nitrogens with zero attached hydrogens (tertiary/aromatic N) is 2. The number of aryl methyl sites for hydroxylation is 1. The summed E-state index contributed by atoms with van der Waals surface area (Å²) >= 11 is 0. The Hall–Kier alpha value is -3.15. The number of likely N-dealkylation sites (N-methyl/N-ethyl adjacent to an activating group) is 1. The van der Waals surface area contributed by atoms with Crippen molar-refractivity contribution in [1.29, 1.82) is 0 Å². The number of aliphatic carboxylic acids is 1. The summed E-state index contributed by atoms with van der Waals surface area (Å²) in [6.45, 7) is 5.81.